The van der Waals surface area contributed by atoms with Gasteiger partial charge in [0.15, 0.2) is 0 Å². The van der Waals surface area contributed by atoms with Crippen LogP contribution in [0.15, 0.2) is 0 Å². The van der Waals surface area contributed by atoms with Gasteiger partial charge in [-0.05, 0) is 11.8 Å². The average molecular weight is 199 g/mol. The van der Waals surface area contributed by atoms with E-state index < -0.39 is 0 Å². The summed E-state index contributed by atoms with van der Waals surface area (Å²) in [5, 5.41) is 10.9. The van der Waals surface area contributed by atoms with Crippen LogP contribution in [0.2, 0.25) is 0 Å². The molecule has 0 unspecified atom stereocenters. The second-order valence-electron chi connectivity index (χ2n) is 3.40. The first kappa shape index (κ1) is 15.6. The SMILES string of the molecule is C.CC.CC(C)c1n[nH]nc1C(C)C. The summed E-state index contributed by atoms with van der Waals surface area (Å²) >= 11 is 0. The summed E-state index contributed by atoms with van der Waals surface area (Å²) in [4.78, 5) is 0. The molecule has 1 N–H and O–H groups in total. The number of rotatable bonds is 2. The first-order valence-corrected chi connectivity index (χ1v) is 5.03. The molecule has 0 aliphatic rings. The lowest BCUT2D eigenvalue weighted by Crippen LogP contribution is -1.96. The summed E-state index contributed by atoms with van der Waals surface area (Å²) in [6, 6.07) is 0. The maximum atomic E-state index is 4.10. The van der Waals surface area contributed by atoms with Crippen LogP contribution in [-0.2, 0) is 0 Å². The zero-order valence-corrected chi connectivity index (χ0v) is 9.55. The molecule has 0 saturated heterocycles. The summed E-state index contributed by atoms with van der Waals surface area (Å²) in [6.45, 7) is 12.5. The first-order valence-electron chi connectivity index (χ1n) is 5.03. The Morgan fingerprint density at radius 2 is 1.14 bits per heavy atom. The van der Waals surface area contributed by atoms with Crippen molar-refractivity contribution in [1.29, 1.82) is 0 Å². The number of aromatic amines is 1. The minimum Gasteiger partial charge on any atom is -0.197 e. The Balaban J connectivity index is 0. The molecule has 0 atom stereocenters. The lowest BCUT2D eigenvalue weighted by molar-refractivity contribution is 0.759. The van der Waals surface area contributed by atoms with Gasteiger partial charge < -0.3 is 0 Å². The van der Waals surface area contributed by atoms with Gasteiger partial charge in [-0.3, -0.25) is 0 Å². The molecule has 1 heterocycles. The molecular formula is C11H25N3. The summed E-state index contributed by atoms with van der Waals surface area (Å²) < 4.78 is 0. The molecule has 1 aromatic rings. The van der Waals surface area contributed by atoms with Gasteiger partial charge in [0.2, 0.25) is 0 Å². The molecule has 0 saturated carbocycles. The van der Waals surface area contributed by atoms with Crippen LogP contribution in [0.25, 0.3) is 0 Å². The van der Waals surface area contributed by atoms with E-state index in [9.17, 15) is 0 Å². The Labute approximate surface area is 88.3 Å². The Morgan fingerprint density at radius 3 is 1.36 bits per heavy atom. The molecule has 0 aliphatic heterocycles. The summed E-state index contributed by atoms with van der Waals surface area (Å²) in [5.41, 5.74) is 2.19. The highest BCUT2D eigenvalue weighted by Gasteiger charge is 2.13. The number of nitrogens with one attached hydrogen (secondary N) is 1. The van der Waals surface area contributed by atoms with Gasteiger partial charge in [0.1, 0.15) is 0 Å². The van der Waals surface area contributed by atoms with Crippen molar-refractivity contribution in [2.45, 2.75) is 60.8 Å². The van der Waals surface area contributed by atoms with Crippen LogP contribution in [0.4, 0.5) is 0 Å². The standard InChI is InChI=1S/C8H15N3.C2H6.CH4/c1-5(2)7-8(6(3)4)10-11-9-7;1-2;/h5-6H,1-4H3,(H,9,10,11);1-2H3;1H4. The third-order valence-electron chi connectivity index (χ3n) is 1.70. The lowest BCUT2D eigenvalue weighted by atomic mass is 10.0. The van der Waals surface area contributed by atoms with Crippen LogP contribution in [0, 0.1) is 0 Å². The molecule has 84 valence electrons. The van der Waals surface area contributed by atoms with E-state index in [4.69, 9.17) is 0 Å². The Morgan fingerprint density at radius 1 is 0.857 bits per heavy atom. The molecule has 3 nitrogen and oxygen atoms in total. The molecule has 0 bridgehead atoms. The first-order chi connectivity index (χ1) is 6.13. The second kappa shape index (κ2) is 7.54. The molecule has 0 aromatic carbocycles. The van der Waals surface area contributed by atoms with E-state index in [-0.39, 0.29) is 7.43 Å². The topological polar surface area (TPSA) is 41.6 Å². The summed E-state index contributed by atoms with van der Waals surface area (Å²) in [6.07, 6.45) is 0. The van der Waals surface area contributed by atoms with Crippen LogP contribution in [0.5, 0.6) is 0 Å². The van der Waals surface area contributed by atoms with Crippen LogP contribution in [0.1, 0.15) is 72.2 Å². The molecule has 0 aliphatic carbocycles. The Bertz CT molecular complexity index is 204. The van der Waals surface area contributed by atoms with E-state index in [2.05, 4.69) is 43.1 Å². The minimum absolute atomic E-state index is 0. The molecule has 0 radical (unpaired) electrons. The quantitative estimate of drug-likeness (QED) is 0.788. The molecule has 14 heavy (non-hydrogen) atoms. The lowest BCUT2D eigenvalue weighted by Gasteiger charge is -2.04. The predicted molar refractivity (Wildman–Crippen MR) is 62.6 cm³/mol. The van der Waals surface area contributed by atoms with Gasteiger partial charge in [-0.2, -0.15) is 15.4 Å². The minimum atomic E-state index is 0. The zero-order chi connectivity index (χ0) is 10.4. The maximum Gasteiger partial charge on any atom is 0.0884 e. The largest absolute Gasteiger partial charge is 0.197 e. The Hall–Kier alpha value is -0.860. The highest BCUT2D eigenvalue weighted by atomic mass is 15.3. The van der Waals surface area contributed by atoms with Crippen molar-refractivity contribution in [1.82, 2.24) is 15.4 Å². The zero-order valence-electron chi connectivity index (χ0n) is 9.55. The van der Waals surface area contributed by atoms with Gasteiger partial charge in [-0.15, -0.1) is 0 Å². The van der Waals surface area contributed by atoms with Crippen LogP contribution >= 0.6 is 0 Å². The molecule has 0 fully saturated rings. The molecule has 0 spiro atoms. The van der Waals surface area contributed by atoms with E-state index in [1.165, 1.54) is 0 Å². The summed E-state index contributed by atoms with van der Waals surface area (Å²) in [7, 11) is 0. The average Bonchev–Trinajstić information content (AvgIpc) is 2.55. The van der Waals surface area contributed by atoms with Gasteiger partial charge in [-0.1, -0.05) is 49.0 Å². The van der Waals surface area contributed by atoms with Gasteiger partial charge in [-0.25, -0.2) is 0 Å². The van der Waals surface area contributed by atoms with Gasteiger partial charge in [0.25, 0.3) is 0 Å². The van der Waals surface area contributed by atoms with Crippen molar-refractivity contribution in [2.24, 2.45) is 0 Å². The van der Waals surface area contributed by atoms with E-state index in [0.717, 1.165) is 11.4 Å². The van der Waals surface area contributed by atoms with E-state index in [0.29, 0.717) is 11.8 Å². The third kappa shape index (κ3) is 3.90. The van der Waals surface area contributed by atoms with Crippen LogP contribution in [-0.4, -0.2) is 15.4 Å². The fraction of sp³-hybridized carbons (Fsp3) is 0.818. The van der Waals surface area contributed by atoms with Crippen molar-refractivity contribution in [3.05, 3.63) is 11.4 Å². The third-order valence-corrected chi connectivity index (χ3v) is 1.70. The highest BCUT2D eigenvalue weighted by molar-refractivity contribution is 5.15. The highest BCUT2D eigenvalue weighted by Crippen LogP contribution is 2.20. The van der Waals surface area contributed by atoms with E-state index in [1.807, 2.05) is 13.8 Å². The molecular weight excluding hydrogens is 174 g/mol. The summed E-state index contributed by atoms with van der Waals surface area (Å²) in [5.74, 6) is 0.928. The fourth-order valence-corrected chi connectivity index (χ4v) is 1.10. The van der Waals surface area contributed by atoms with Gasteiger partial charge >= 0.3 is 0 Å². The maximum absolute atomic E-state index is 4.10. The number of nitrogens with zero attached hydrogens (tertiary/aromatic N) is 2. The van der Waals surface area contributed by atoms with Gasteiger partial charge in [0, 0.05) is 0 Å². The number of hydrogen-bond donors (Lipinski definition) is 1. The number of H-pyrrole nitrogens is 1. The van der Waals surface area contributed by atoms with Crippen LogP contribution in [0.3, 0.4) is 0 Å². The molecule has 3 heteroatoms. The van der Waals surface area contributed by atoms with Crippen molar-refractivity contribution in [2.75, 3.05) is 0 Å². The van der Waals surface area contributed by atoms with Crippen molar-refractivity contribution >= 4 is 0 Å². The predicted octanol–water partition coefficient (Wildman–Crippen LogP) is 3.71. The smallest absolute Gasteiger partial charge is 0.0884 e. The van der Waals surface area contributed by atoms with E-state index in [1.54, 1.807) is 0 Å². The second-order valence-corrected chi connectivity index (χ2v) is 3.40. The normalized spacial score (nSPS) is 9.43. The van der Waals surface area contributed by atoms with Gasteiger partial charge in [0.05, 0.1) is 11.4 Å². The van der Waals surface area contributed by atoms with Crippen molar-refractivity contribution in [3.63, 3.8) is 0 Å². The monoisotopic (exact) mass is 199 g/mol. The molecule has 0 amide bonds. The number of aromatic nitrogens is 3. The number of hydrogen-bond acceptors (Lipinski definition) is 2. The van der Waals surface area contributed by atoms with Crippen molar-refractivity contribution in [3.8, 4) is 0 Å². The van der Waals surface area contributed by atoms with Crippen molar-refractivity contribution < 1.29 is 0 Å². The Kier molecular flexibility index (Phi) is 8.40. The molecule has 1 rings (SSSR count). The molecule has 1 aromatic heterocycles. The van der Waals surface area contributed by atoms with E-state index >= 15 is 0 Å². The van der Waals surface area contributed by atoms with Crippen LogP contribution < -0.4 is 0 Å². The fourth-order valence-electron chi connectivity index (χ4n) is 1.10.